The summed E-state index contributed by atoms with van der Waals surface area (Å²) >= 11 is 0. The molecule has 1 saturated carbocycles. The van der Waals surface area contributed by atoms with Crippen LogP contribution in [0.5, 0.6) is 0 Å². The van der Waals surface area contributed by atoms with Gasteiger partial charge >= 0.3 is 5.97 Å². The topological polar surface area (TPSA) is 110 Å². The van der Waals surface area contributed by atoms with E-state index in [1.807, 2.05) is 0 Å². The zero-order valence-corrected chi connectivity index (χ0v) is 15.8. The van der Waals surface area contributed by atoms with Crippen molar-refractivity contribution >= 4 is 24.3 Å². The lowest BCUT2D eigenvalue weighted by Crippen LogP contribution is -2.39. The summed E-state index contributed by atoms with van der Waals surface area (Å²) in [7, 11) is 3.03. The Balaban J connectivity index is 0.00000210. The number of hydrogen-bond donors (Lipinski definition) is 1. The summed E-state index contributed by atoms with van der Waals surface area (Å²) in [6, 6.07) is 0. The van der Waals surface area contributed by atoms with Gasteiger partial charge < -0.3 is 19.5 Å². The van der Waals surface area contributed by atoms with Gasteiger partial charge in [-0.1, -0.05) is 5.16 Å². The number of halogens is 1. The standard InChI is InChI=1S/C17H19N5O4.ClH/c1-22(14(23)13-11-9-18-6-3-12(11)26-21-13)17(4-5-17)16-19-7-10(8-20-16)15(24)25-2;/h7-8,18H,3-6,9H2,1-2H3;1H. The van der Waals surface area contributed by atoms with E-state index < -0.39 is 11.5 Å². The second-order valence-corrected chi connectivity index (χ2v) is 6.54. The third-order valence-electron chi connectivity index (χ3n) is 5.06. The molecule has 0 radical (unpaired) electrons. The van der Waals surface area contributed by atoms with Gasteiger partial charge in [-0.25, -0.2) is 14.8 Å². The van der Waals surface area contributed by atoms with E-state index in [0.29, 0.717) is 18.1 Å². The minimum absolute atomic E-state index is 0. The van der Waals surface area contributed by atoms with E-state index in [1.54, 1.807) is 11.9 Å². The molecule has 0 atom stereocenters. The van der Waals surface area contributed by atoms with Gasteiger partial charge in [0.1, 0.15) is 11.3 Å². The Morgan fingerprint density at radius 1 is 1.30 bits per heavy atom. The average molecular weight is 394 g/mol. The largest absolute Gasteiger partial charge is 0.465 e. The van der Waals surface area contributed by atoms with Gasteiger partial charge in [-0.2, -0.15) is 0 Å². The SMILES string of the molecule is COC(=O)c1cnc(C2(N(C)C(=O)c3noc4c3CNCC4)CC2)nc1.Cl. The molecule has 1 fully saturated rings. The fourth-order valence-electron chi connectivity index (χ4n) is 3.28. The highest BCUT2D eigenvalue weighted by atomic mass is 35.5. The predicted octanol–water partition coefficient (Wildman–Crippen LogP) is 1.08. The zero-order chi connectivity index (χ0) is 18.3. The molecular formula is C17H20ClN5O4. The highest BCUT2D eigenvalue weighted by molar-refractivity contribution is 5.94. The first kappa shape index (κ1) is 19.2. The highest BCUT2D eigenvalue weighted by Gasteiger charge is 2.53. The van der Waals surface area contributed by atoms with Crippen LogP contribution in [0.4, 0.5) is 0 Å². The number of fused-ring (bicyclic) bond motifs is 1. The van der Waals surface area contributed by atoms with Gasteiger partial charge in [-0.3, -0.25) is 4.79 Å². The number of esters is 1. The Kier molecular flexibility index (Phi) is 5.16. The summed E-state index contributed by atoms with van der Waals surface area (Å²) in [6.07, 6.45) is 5.08. The monoisotopic (exact) mass is 393 g/mol. The van der Waals surface area contributed by atoms with E-state index in [-0.39, 0.29) is 23.9 Å². The van der Waals surface area contributed by atoms with E-state index in [4.69, 9.17) is 4.52 Å². The molecule has 0 unspecified atom stereocenters. The Bertz CT molecular complexity index is 863. The molecule has 1 amide bonds. The number of carbonyl (C=O) groups excluding carboxylic acids is 2. The lowest BCUT2D eigenvalue weighted by atomic mass is 10.1. The van der Waals surface area contributed by atoms with Crippen LogP contribution in [-0.4, -0.2) is 52.6 Å². The fourth-order valence-corrected chi connectivity index (χ4v) is 3.28. The van der Waals surface area contributed by atoms with Crippen LogP contribution in [0, 0.1) is 0 Å². The highest BCUT2D eigenvalue weighted by Crippen LogP contribution is 2.49. The lowest BCUT2D eigenvalue weighted by Gasteiger charge is -2.26. The van der Waals surface area contributed by atoms with Gasteiger partial charge in [0.15, 0.2) is 11.5 Å². The van der Waals surface area contributed by atoms with Gasteiger partial charge in [0.2, 0.25) is 0 Å². The molecule has 1 aliphatic carbocycles. The Morgan fingerprint density at radius 3 is 2.63 bits per heavy atom. The van der Waals surface area contributed by atoms with Crippen LogP contribution in [0.1, 0.15) is 50.8 Å². The van der Waals surface area contributed by atoms with Crippen molar-refractivity contribution in [3.63, 3.8) is 0 Å². The van der Waals surface area contributed by atoms with E-state index in [1.165, 1.54) is 19.5 Å². The first-order valence-corrected chi connectivity index (χ1v) is 8.44. The van der Waals surface area contributed by atoms with E-state index in [0.717, 1.165) is 37.1 Å². The van der Waals surface area contributed by atoms with E-state index in [2.05, 4.69) is 25.2 Å². The smallest absolute Gasteiger partial charge is 0.341 e. The number of rotatable bonds is 4. The fraction of sp³-hybridized carbons (Fsp3) is 0.471. The number of nitrogens with one attached hydrogen (secondary N) is 1. The minimum atomic E-state index is -0.570. The molecule has 1 aliphatic heterocycles. The Labute approximate surface area is 161 Å². The maximum absolute atomic E-state index is 13.0. The van der Waals surface area contributed by atoms with Crippen LogP contribution < -0.4 is 5.32 Å². The maximum atomic E-state index is 13.0. The summed E-state index contributed by atoms with van der Waals surface area (Å²) in [4.78, 5) is 34.8. The summed E-state index contributed by atoms with van der Waals surface area (Å²) in [5.74, 6) is 0.574. The number of hydrogen-bond acceptors (Lipinski definition) is 8. The van der Waals surface area contributed by atoms with Crippen molar-refractivity contribution < 1.29 is 18.8 Å². The molecule has 2 aromatic rings. The first-order chi connectivity index (χ1) is 12.6. The molecule has 0 bridgehead atoms. The van der Waals surface area contributed by atoms with Crippen LogP contribution in [0.15, 0.2) is 16.9 Å². The summed E-state index contributed by atoms with van der Waals surface area (Å²) in [6.45, 7) is 1.39. The van der Waals surface area contributed by atoms with Gasteiger partial charge in [-0.15, -0.1) is 12.4 Å². The normalized spacial score (nSPS) is 16.7. The molecule has 9 nitrogen and oxygen atoms in total. The zero-order valence-electron chi connectivity index (χ0n) is 15.0. The van der Waals surface area contributed by atoms with Crippen LogP contribution in [0.3, 0.4) is 0 Å². The van der Waals surface area contributed by atoms with Crippen molar-refractivity contribution in [2.24, 2.45) is 0 Å². The Hall–Kier alpha value is -2.52. The molecule has 4 rings (SSSR count). The molecule has 27 heavy (non-hydrogen) atoms. The number of aromatic nitrogens is 3. The Morgan fingerprint density at radius 2 is 2.00 bits per heavy atom. The van der Waals surface area contributed by atoms with E-state index in [9.17, 15) is 9.59 Å². The van der Waals surface area contributed by atoms with Crippen LogP contribution in [0.2, 0.25) is 0 Å². The van der Waals surface area contributed by atoms with Gasteiger partial charge in [-0.05, 0) is 12.8 Å². The summed E-state index contributed by atoms with van der Waals surface area (Å²) < 4.78 is 9.99. The molecule has 2 aromatic heterocycles. The molecule has 10 heteroatoms. The molecule has 0 aromatic carbocycles. The van der Waals surface area contributed by atoms with Crippen LogP contribution >= 0.6 is 12.4 Å². The maximum Gasteiger partial charge on any atom is 0.341 e. The number of amides is 1. The van der Waals surface area contributed by atoms with Crippen LogP contribution in [0.25, 0.3) is 0 Å². The minimum Gasteiger partial charge on any atom is -0.465 e. The first-order valence-electron chi connectivity index (χ1n) is 8.44. The summed E-state index contributed by atoms with van der Waals surface area (Å²) in [5, 5.41) is 7.22. The molecule has 1 N–H and O–H groups in total. The van der Waals surface area contributed by atoms with Crippen molar-refractivity contribution in [2.45, 2.75) is 31.3 Å². The van der Waals surface area contributed by atoms with Gasteiger partial charge in [0.05, 0.1) is 12.7 Å². The van der Waals surface area contributed by atoms with Crippen molar-refractivity contribution in [3.8, 4) is 0 Å². The predicted molar refractivity (Wildman–Crippen MR) is 95.5 cm³/mol. The van der Waals surface area contributed by atoms with E-state index >= 15 is 0 Å². The third-order valence-corrected chi connectivity index (χ3v) is 5.06. The van der Waals surface area contributed by atoms with Crippen molar-refractivity contribution in [1.82, 2.24) is 25.3 Å². The quantitative estimate of drug-likeness (QED) is 0.768. The molecule has 3 heterocycles. The molecule has 2 aliphatic rings. The number of nitrogens with zero attached hydrogens (tertiary/aromatic N) is 4. The molecule has 144 valence electrons. The molecule has 0 spiro atoms. The second kappa shape index (κ2) is 7.24. The van der Waals surface area contributed by atoms with Crippen molar-refractivity contribution in [3.05, 3.63) is 40.8 Å². The summed E-state index contributed by atoms with van der Waals surface area (Å²) in [5.41, 5.74) is 0.871. The second-order valence-electron chi connectivity index (χ2n) is 6.54. The average Bonchev–Trinajstić information content (AvgIpc) is 3.39. The van der Waals surface area contributed by atoms with Crippen molar-refractivity contribution in [2.75, 3.05) is 20.7 Å². The van der Waals surface area contributed by atoms with Gasteiger partial charge in [0, 0.05) is 44.5 Å². The number of ether oxygens (including phenoxy) is 1. The molecular weight excluding hydrogens is 374 g/mol. The number of carbonyl (C=O) groups is 2. The van der Waals surface area contributed by atoms with Gasteiger partial charge in [0.25, 0.3) is 5.91 Å². The van der Waals surface area contributed by atoms with Crippen LogP contribution in [-0.2, 0) is 23.2 Å². The third kappa shape index (κ3) is 3.17. The lowest BCUT2D eigenvalue weighted by molar-refractivity contribution is 0.0597. The van der Waals surface area contributed by atoms with Crippen molar-refractivity contribution in [1.29, 1.82) is 0 Å². The molecule has 0 saturated heterocycles. The number of methoxy groups -OCH3 is 1.